The van der Waals surface area contributed by atoms with Gasteiger partial charge in [-0.2, -0.15) is 0 Å². The Balaban J connectivity index is 2.58. The molecule has 0 amide bonds. The quantitative estimate of drug-likeness (QED) is 0.471. The average Bonchev–Trinajstić information content (AvgIpc) is 2.29. The molecule has 0 heterocycles. The molecule has 78 valence electrons. The first kappa shape index (κ1) is 9.41. The van der Waals surface area contributed by atoms with Gasteiger partial charge in [-0.05, 0) is 41.0 Å². The molecule has 16 heavy (non-hydrogen) atoms. The third kappa shape index (κ3) is 1.30. The third-order valence-corrected chi connectivity index (χ3v) is 3.25. The van der Waals surface area contributed by atoms with Gasteiger partial charge < -0.3 is 0 Å². The van der Waals surface area contributed by atoms with E-state index in [1.165, 1.54) is 32.7 Å². The fourth-order valence-corrected chi connectivity index (χ4v) is 2.36. The zero-order valence-electron chi connectivity index (χ0n) is 9.62. The minimum absolute atomic E-state index is 1.32. The normalized spacial score (nSPS) is 11.1. The van der Waals surface area contributed by atoms with Gasteiger partial charge in [-0.3, -0.25) is 0 Å². The molecule has 3 aromatic rings. The van der Waals surface area contributed by atoms with Gasteiger partial charge in [0.15, 0.2) is 0 Å². The van der Waals surface area contributed by atoms with E-state index in [-0.39, 0.29) is 0 Å². The second-order valence-electron chi connectivity index (χ2n) is 4.46. The van der Waals surface area contributed by atoms with E-state index < -0.39 is 0 Å². The predicted molar refractivity (Wildman–Crippen MR) is 70.9 cm³/mol. The lowest BCUT2D eigenvalue weighted by Gasteiger charge is -2.06. The number of benzene rings is 3. The molecule has 0 bridgehead atoms. The van der Waals surface area contributed by atoms with Crippen molar-refractivity contribution >= 4 is 21.5 Å². The number of aryl methyl sites for hydroxylation is 2. The minimum Gasteiger partial charge on any atom is -0.0613 e. The highest BCUT2D eigenvalue weighted by molar-refractivity contribution is 6.08. The smallest absolute Gasteiger partial charge is 0.0103 e. The van der Waals surface area contributed by atoms with Crippen molar-refractivity contribution in [3.8, 4) is 0 Å². The Labute approximate surface area is 95.5 Å². The van der Waals surface area contributed by atoms with Crippen molar-refractivity contribution in [2.75, 3.05) is 0 Å². The molecule has 0 aliphatic rings. The lowest BCUT2D eigenvalue weighted by molar-refractivity contribution is 1.50. The summed E-state index contributed by atoms with van der Waals surface area (Å²) in [6.45, 7) is 4.32. The topological polar surface area (TPSA) is 0 Å². The summed E-state index contributed by atoms with van der Waals surface area (Å²) < 4.78 is 0. The highest BCUT2D eigenvalue weighted by atomic mass is 14.1. The zero-order valence-corrected chi connectivity index (χ0v) is 9.62. The maximum absolute atomic E-state index is 2.27. The lowest BCUT2D eigenvalue weighted by Crippen LogP contribution is -1.81. The number of hydrogen-bond donors (Lipinski definition) is 0. The second-order valence-corrected chi connectivity index (χ2v) is 4.46. The highest BCUT2D eigenvalue weighted by Crippen LogP contribution is 2.27. The average molecular weight is 206 g/mol. The Bertz CT molecular complexity index is 678. The largest absolute Gasteiger partial charge is 0.0613 e. The fraction of sp³-hybridized carbons (Fsp3) is 0.125. The maximum Gasteiger partial charge on any atom is -0.0103 e. The van der Waals surface area contributed by atoms with Crippen LogP contribution >= 0.6 is 0 Å². The molecular formula is C16H14. The number of fused-ring (bicyclic) bond motifs is 3. The SMILES string of the molecule is Cc1ccc2ccc3c(C)cccc3c2c1. The molecule has 3 rings (SSSR count). The lowest BCUT2D eigenvalue weighted by atomic mass is 9.98. The van der Waals surface area contributed by atoms with Crippen LogP contribution < -0.4 is 0 Å². The summed E-state index contributed by atoms with van der Waals surface area (Å²) in [5.41, 5.74) is 2.67. The van der Waals surface area contributed by atoms with Crippen LogP contribution in [0.4, 0.5) is 0 Å². The zero-order chi connectivity index (χ0) is 11.1. The summed E-state index contributed by atoms with van der Waals surface area (Å²) in [5.74, 6) is 0. The van der Waals surface area contributed by atoms with E-state index in [0.29, 0.717) is 0 Å². The van der Waals surface area contributed by atoms with Crippen molar-refractivity contribution in [3.05, 3.63) is 59.7 Å². The molecule has 0 radical (unpaired) electrons. The molecule has 0 nitrogen and oxygen atoms in total. The summed E-state index contributed by atoms with van der Waals surface area (Å²) in [4.78, 5) is 0. The van der Waals surface area contributed by atoms with Gasteiger partial charge in [-0.15, -0.1) is 0 Å². The Morgan fingerprint density at radius 2 is 1.50 bits per heavy atom. The molecule has 0 aliphatic carbocycles. The van der Waals surface area contributed by atoms with Crippen molar-refractivity contribution in [2.24, 2.45) is 0 Å². The molecule has 0 spiro atoms. The molecule has 0 atom stereocenters. The van der Waals surface area contributed by atoms with Gasteiger partial charge in [0.1, 0.15) is 0 Å². The Morgan fingerprint density at radius 1 is 0.688 bits per heavy atom. The van der Waals surface area contributed by atoms with Crippen LogP contribution in [0.1, 0.15) is 11.1 Å². The van der Waals surface area contributed by atoms with Crippen LogP contribution in [0.2, 0.25) is 0 Å². The Hall–Kier alpha value is -1.82. The van der Waals surface area contributed by atoms with E-state index in [4.69, 9.17) is 0 Å². The summed E-state index contributed by atoms with van der Waals surface area (Å²) in [6.07, 6.45) is 0. The van der Waals surface area contributed by atoms with Gasteiger partial charge in [0, 0.05) is 0 Å². The first-order valence-corrected chi connectivity index (χ1v) is 5.64. The van der Waals surface area contributed by atoms with Crippen molar-refractivity contribution in [2.45, 2.75) is 13.8 Å². The molecular weight excluding hydrogens is 192 g/mol. The monoisotopic (exact) mass is 206 g/mol. The Morgan fingerprint density at radius 3 is 2.38 bits per heavy atom. The van der Waals surface area contributed by atoms with Crippen LogP contribution in [0, 0.1) is 13.8 Å². The number of hydrogen-bond acceptors (Lipinski definition) is 0. The molecule has 0 fully saturated rings. The van der Waals surface area contributed by atoms with Crippen LogP contribution in [0.5, 0.6) is 0 Å². The molecule has 0 N–H and O–H groups in total. The van der Waals surface area contributed by atoms with Crippen LogP contribution in [-0.2, 0) is 0 Å². The van der Waals surface area contributed by atoms with Crippen LogP contribution in [0.3, 0.4) is 0 Å². The first-order chi connectivity index (χ1) is 7.75. The summed E-state index contributed by atoms with van der Waals surface area (Å²) in [6, 6.07) is 17.6. The molecule has 0 unspecified atom stereocenters. The second kappa shape index (κ2) is 3.34. The molecule has 0 heteroatoms. The van der Waals surface area contributed by atoms with E-state index in [1.54, 1.807) is 0 Å². The van der Waals surface area contributed by atoms with Gasteiger partial charge >= 0.3 is 0 Å². The molecule has 0 aromatic heterocycles. The molecule has 0 saturated heterocycles. The van der Waals surface area contributed by atoms with Crippen LogP contribution in [0.25, 0.3) is 21.5 Å². The van der Waals surface area contributed by atoms with Gasteiger partial charge in [0.2, 0.25) is 0 Å². The third-order valence-electron chi connectivity index (χ3n) is 3.25. The van der Waals surface area contributed by atoms with Gasteiger partial charge in [-0.1, -0.05) is 54.1 Å². The minimum atomic E-state index is 1.32. The summed E-state index contributed by atoms with van der Waals surface area (Å²) in [7, 11) is 0. The maximum atomic E-state index is 2.27. The first-order valence-electron chi connectivity index (χ1n) is 5.64. The summed E-state index contributed by atoms with van der Waals surface area (Å²) in [5, 5.41) is 5.41. The van der Waals surface area contributed by atoms with Crippen LogP contribution in [-0.4, -0.2) is 0 Å². The van der Waals surface area contributed by atoms with E-state index >= 15 is 0 Å². The van der Waals surface area contributed by atoms with Crippen molar-refractivity contribution in [1.29, 1.82) is 0 Å². The van der Waals surface area contributed by atoms with E-state index in [0.717, 1.165) is 0 Å². The summed E-state index contributed by atoms with van der Waals surface area (Å²) >= 11 is 0. The van der Waals surface area contributed by atoms with Gasteiger partial charge in [0.25, 0.3) is 0 Å². The fourth-order valence-electron chi connectivity index (χ4n) is 2.36. The van der Waals surface area contributed by atoms with Crippen LogP contribution in [0.15, 0.2) is 48.5 Å². The molecule has 0 aliphatic heterocycles. The van der Waals surface area contributed by atoms with Gasteiger partial charge in [-0.25, -0.2) is 0 Å². The van der Waals surface area contributed by atoms with Gasteiger partial charge in [0.05, 0.1) is 0 Å². The molecule has 0 saturated carbocycles. The van der Waals surface area contributed by atoms with E-state index in [2.05, 4.69) is 62.4 Å². The highest BCUT2D eigenvalue weighted by Gasteiger charge is 2.01. The van der Waals surface area contributed by atoms with E-state index in [1.807, 2.05) is 0 Å². The molecule has 3 aromatic carbocycles. The van der Waals surface area contributed by atoms with E-state index in [9.17, 15) is 0 Å². The Kier molecular flexibility index (Phi) is 1.97. The standard InChI is InChI=1S/C16H14/c1-11-6-7-13-8-9-14-12(2)4-3-5-15(14)16(13)10-11/h3-10H,1-2H3. The van der Waals surface area contributed by atoms with Crippen molar-refractivity contribution < 1.29 is 0 Å². The van der Waals surface area contributed by atoms with Crippen molar-refractivity contribution in [1.82, 2.24) is 0 Å². The predicted octanol–water partition coefficient (Wildman–Crippen LogP) is 4.61. The van der Waals surface area contributed by atoms with Crippen molar-refractivity contribution in [3.63, 3.8) is 0 Å². The number of rotatable bonds is 0.